The summed E-state index contributed by atoms with van der Waals surface area (Å²) in [6, 6.07) is 0. The molecule has 2 atom stereocenters. The molecule has 2 nitrogen and oxygen atoms in total. The molecule has 0 rings (SSSR count). The third-order valence-electron chi connectivity index (χ3n) is 3.61. The molecule has 104 valence electrons. The summed E-state index contributed by atoms with van der Waals surface area (Å²) >= 11 is 0. The summed E-state index contributed by atoms with van der Waals surface area (Å²) in [4.78, 5) is 0. The molecule has 17 heavy (non-hydrogen) atoms. The van der Waals surface area contributed by atoms with Crippen molar-refractivity contribution in [3.8, 4) is 0 Å². The van der Waals surface area contributed by atoms with Crippen LogP contribution < -0.4 is 5.73 Å². The second kappa shape index (κ2) is 12.4. The Bertz CT molecular complexity index is 150. The minimum atomic E-state index is -0.171. The van der Waals surface area contributed by atoms with Crippen LogP contribution in [-0.2, 0) is 0 Å². The van der Waals surface area contributed by atoms with E-state index in [9.17, 15) is 5.11 Å². The molecule has 0 aliphatic heterocycles. The van der Waals surface area contributed by atoms with Crippen LogP contribution in [0.15, 0.2) is 0 Å². The topological polar surface area (TPSA) is 46.2 Å². The van der Waals surface area contributed by atoms with E-state index in [0.717, 1.165) is 25.7 Å². The van der Waals surface area contributed by atoms with E-state index in [4.69, 9.17) is 5.73 Å². The van der Waals surface area contributed by atoms with Gasteiger partial charge in [0.05, 0.1) is 6.10 Å². The Morgan fingerprint density at radius 3 is 1.94 bits per heavy atom. The highest BCUT2D eigenvalue weighted by atomic mass is 16.3. The van der Waals surface area contributed by atoms with Gasteiger partial charge in [-0.25, -0.2) is 0 Å². The van der Waals surface area contributed by atoms with Gasteiger partial charge in [-0.05, 0) is 25.3 Å². The summed E-state index contributed by atoms with van der Waals surface area (Å²) in [5, 5.41) is 10.0. The van der Waals surface area contributed by atoms with Crippen molar-refractivity contribution in [3.63, 3.8) is 0 Å². The Labute approximate surface area is 108 Å². The zero-order chi connectivity index (χ0) is 12.9. The van der Waals surface area contributed by atoms with Gasteiger partial charge in [0.25, 0.3) is 0 Å². The van der Waals surface area contributed by atoms with Crippen molar-refractivity contribution in [2.45, 2.75) is 84.2 Å². The summed E-state index contributed by atoms with van der Waals surface area (Å²) in [7, 11) is 0. The Morgan fingerprint density at radius 2 is 1.41 bits per heavy atom. The first-order valence-electron chi connectivity index (χ1n) is 7.64. The minimum Gasteiger partial charge on any atom is -0.393 e. The van der Waals surface area contributed by atoms with Gasteiger partial charge in [0.15, 0.2) is 0 Å². The summed E-state index contributed by atoms with van der Waals surface area (Å²) < 4.78 is 0. The van der Waals surface area contributed by atoms with Gasteiger partial charge >= 0.3 is 0 Å². The number of hydrogen-bond donors (Lipinski definition) is 2. The number of hydrogen-bond acceptors (Lipinski definition) is 2. The Balaban J connectivity index is 3.39. The third kappa shape index (κ3) is 9.61. The SMILES string of the molecule is CCCCCCCCCC(O)C(CN)CCC. The molecular formula is C15H33NO. The van der Waals surface area contributed by atoms with Gasteiger partial charge in [-0.15, -0.1) is 0 Å². The van der Waals surface area contributed by atoms with Gasteiger partial charge in [0.2, 0.25) is 0 Å². The monoisotopic (exact) mass is 243 g/mol. The number of aliphatic hydroxyl groups is 1. The molecule has 0 fully saturated rings. The van der Waals surface area contributed by atoms with Crippen LogP contribution in [0, 0.1) is 5.92 Å². The van der Waals surface area contributed by atoms with Gasteiger partial charge in [-0.3, -0.25) is 0 Å². The largest absolute Gasteiger partial charge is 0.393 e. The molecule has 0 aliphatic carbocycles. The average molecular weight is 243 g/mol. The van der Waals surface area contributed by atoms with Crippen molar-refractivity contribution in [2.24, 2.45) is 11.7 Å². The summed E-state index contributed by atoms with van der Waals surface area (Å²) in [6.45, 7) is 5.03. The zero-order valence-electron chi connectivity index (χ0n) is 12.0. The van der Waals surface area contributed by atoms with E-state index >= 15 is 0 Å². The maximum Gasteiger partial charge on any atom is 0.0580 e. The lowest BCUT2D eigenvalue weighted by Gasteiger charge is -2.20. The van der Waals surface area contributed by atoms with Crippen LogP contribution in [0.4, 0.5) is 0 Å². The molecule has 0 aliphatic rings. The van der Waals surface area contributed by atoms with Crippen LogP contribution in [0.2, 0.25) is 0 Å². The maximum absolute atomic E-state index is 10.0. The number of rotatable bonds is 12. The van der Waals surface area contributed by atoms with Gasteiger partial charge < -0.3 is 10.8 Å². The molecule has 0 saturated carbocycles. The molecule has 0 amide bonds. The molecule has 0 aromatic carbocycles. The lowest BCUT2D eigenvalue weighted by Crippen LogP contribution is -2.27. The molecule has 0 heterocycles. The predicted molar refractivity (Wildman–Crippen MR) is 76.1 cm³/mol. The Morgan fingerprint density at radius 1 is 0.824 bits per heavy atom. The van der Waals surface area contributed by atoms with Crippen molar-refractivity contribution in [1.82, 2.24) is 0 Å². The van der Waals surface area contributed by atoms with Gasteiger partial charge in [0, 0.05) is 0 Å². The van der Waals surface area contributed by atoms with E-state index in [1.165, 1.54) is 38.5 Å². The third-order valence-corrected chi connectivity index (χ3v) is 3.61. The van der Waals surface area contributed by atoms with Crippen molar-refractivity contribution in [3.05, 3.63) is 0 Å². The smallest absolute Gasteiger partial charge is 0.0580 e. The van der Waals surface area contributed by atoms with Crippen LogP contribution in [0.25, 0.3) is 0 Å². The van der Waals surface area contributed by atoms with E-state index in [-0.39, 0.29) is 6.10 Å². The minimum absolute atomic E-state index is 0.171. The fourth-order valence-corrected chi connectivity index (χ4v) is 2.38. The van der Waals surface area contributed by atoms with Crippen molar-refractivity contribution in [2.75, 3.05) is 6.54 Å². The first-order valence-corrected chi connectivity index (χ1v) is 7.64. The van der Waals surface area contributed by atoms with Crippen LogP contribution in [-0.4, -0.2) is 17.8 Å². The van der Waals surface area contributed by atoms with Crippen LogP contribution in [0.3, 0.4) is 0 Å². The molecule has 0 saturated heterocycles. The molecule has 2 unspecified atom stereocenters. The first kappa shape index (κ1) is 16.9. The summed E-state index contributed by atoms with van der Waals surface area (Å²) in [5.41, 5.74) is 5.69. The molecule has 0 bridgehead atoms. The first-order chi connectivity index (χ1) is 8.26. The van der Waals surface area contributed by atoms with Crippen LogP contribution >= 0.6 is 0 Å². The van der Waals surface area contributed by atoms with Crippen molar-refractivity contribution in [1.29, 1.82) is 0 Å². The zero-order valence-corrected chi connectivity index (χ0v) is 12.0. The van der Waals surface area contributed by atoms with E-state index in [2.05, 4.69) is 13.8 Å². The van der Waals surface area contributed by atoms with Gasteiger partial charge in [0.1, 0.15) is 0 Å². The average Bonchev–Trinajstić information content (AvgIpc) is 2.34. The van der Waals surface area contributed by atoms with Crippen LogP contribution in [0.1, 0.15) is 78.1 Å². The number of nitrogens with two attached hydrogens (primary N) is 1. The highest BCUT2D eigenvalue weighted by molar-refractivity contribution is 4.69. The second-order valence-corrected chi connectivity index (χ2v) is 5.26. The highest BCUT2D eigenvalue weighted by Gasteiger charge is 2.15. The molecule has 0 radical (unpaired) electrons. The lowest BCUT2D eigenvalue weighted by molar-refractivity contribution is 0.0945. The normalized spacial score (nSPS) is 14.8. The van der Waals surface area contributed by atoms with Crippen LogP contribution in [0.5, 0.6) is 0 Å². The number of aliphatic hydroxyl groups excluding tert-OH is 1. The van der Waals surface area contributed by atoms with E-state index < -0.39 is 0 Å². The molecule has 2 heteroatoms. The Hall–Kier alpha value is -0.0800. The standard InChI is InChI=1S/C15H33NO/c1-3-5-6-7-8-9-10-12-15(17)14(13-16)11-4-2/h14-15,17H,3-13,16H2,1-2H3. The summed E-state index contributed by atoms with van der Waals surface area (Å²) in [6.07, 6.45) is 12.1. The van der Waals surface area contributed by atoms with Gasteiger partial charge in [-0.2, -0.15) is 0 Å². The van der Waals surface area contributed by atoms with Crippen molar-refractivity contribution >= 4 is 0 Å². The molecule has 0 aromatic heterocycles. The maximum atomic E-state index is 10.0. The van der Waals surface area contributed by atoms with E-state index in [0.29, 0.717) is 12.5 Å². The lowest BCUT2D eigenvalue weighted by atomic mass is 9.93. The number of unbranched alkanes of at least 4 members (excludes halogenated alkanes) is 6. The quantitative estimate of drug-likeness (QED) is 0.511. The molecule has 3 N–H and O–H groups in total. The molecule has 0 spiro atoms. The van der Waals surface area contributed by atoms with Crippen molar-refractivity contribution < 1.29 is 5.11 Å². The molecule has 0 aromatic rings. The van der Waals surface area contributed by atoms with Gasteiger partial charge in [-0.1, -0.05) is 65.2 Å². The second-order valence-electron chi connectivity index (χ2n) is 5.26. The summed E-state index contributed by atoms with van der Waals surface area (Å²) in [5.74, 6) is 0.320. The fraction of sp³-hybridized carbons (Fsp3) is 1.00. The van der Waals surface area contributed by atoms with E-state index in [1.807, 2.05) is 0 Å². The Kier molecular flexibility index (Phi) is 12.3. The predicted octanol–water partition coefficient (Wildman–Crippen LogP) is 3.86. The highest BCUT2D eigenvalue weighted by Crippen LogP contribution is 2.17. The van der Waals surface area contributed by atoms with E-state index in [1.54, 1.807) is 0 Å². The molecular weight excluding hydrogens is 210 g/mol. The fourth-order valence-electron chi connectivity index (χ4n) is 2.38.